The lowest BCUT2D eigenvalue weighted by molar-refractivity contribution is -0.117. The molecule has 4 rings (SSSR count). The summed E-state index contributed by atoms with van der Waals surface area (Å²) in [6.07, 6.45) is 2.95. The summed E-state index contributed by atoms with van der Waals surface area (Å²) in [5, 5.41) is 11.2. The van der Waals surface area contributed by atoms with E-state index in [4.69, 9.17) is 4.74 Å². The number of carbonyl (C=O) groups excluding carboxylic acids is 1. The highest BCUT2D eigenvalue weighted by Crippen LogP contribution is 2.33. The molecule has 0 bridgehead atoms. The zero-order valence-electron chi connectivity index (χ0n) is 18.3. The molecular formula is C23H28F2N6O2. The highest BCUT2D eigenvalue weighted by Gasteiger charge is 2.28. The van der Waals surface area contributed by atoms with Gasteiger partial charge < -0.3 is 15.0 Å². The van der Waals surface area contributed by atoms with Crippen LogP contribution < -0.4 is 15.0 Å². The van der Waals surface area contributed by atoms with Crippen molar-refractivity contribution in [1.29, 1.82) is 0 Å². The lowest BCUT2D eigenvalue weighted by Crippen LogP contribution is -2.44. The molecule has 176 valence electrons. The molecule has 1 amide bonds. The summed E-state index contributed by atoms with van der Waals surface area (Å²) in [7, 11) is 3.23. The number of hydrogen-bond acceptors (Lipinski definition) is 6. The Morgan fingerprint density at radius 1 is 1.18 bits per heavy atom. The standard InChI is InChI=1S/C22H24F2N6O2.CH4/c1-12-20-19(29(3)13(2)22(31)26-20)9-16(25-12)5-6-17-11-30(28-27-17)10-14-7-15(23)8-18(24)21(14)32-4;/h7-9,11,13H,5-6,10H2,1-4H3,(H,26,31);1H4/t13-;/m0./s1. The number of fused-ring (bicyclic) bond motifs is 1. The van der Waals surface area contributed by atoms with Gasteiger partial charge in [0.25, 0.3) is 0 Å². The van der Waals surface area contributed by atoms with Crippen molar-refractivity contribution >= 4 is 17.3 Å². The summed E-state index contributed by atoms with van der Waals surface area (Å²) in [5.41, 5.74) is 4.37. The molecular weight excluding hydrogens is 430 g/mol. The third-order valence-electron chi connectivity index (χ3n) is 5.67. The highest BCUT2D eigenvalue weighted by atomic mass is 19.1. The van der Waals surface area contributed by atoms with Crippen molar-refractivity contribution in [2.24, 2.45) is 0 Å². The van der Waals surface area contributed by atoms with Crippen molar-refractivity contribution in [3.05, 3.63) is 58.7 Å². The van der Waals surface area contributed by atoms with Gasteiger partial charge in [-0.25, -0.2) is 13.5 Å². The molecule has 3 aromatic rings. The number of carbonyl (C=O) groups is 1. The van der Waals surface area contributed by atoms with Gasteiger partial charge in [0, 0.05) is 30.6 Å². The van der Waals surface area contributed by atoms with E-state index in [0.717, 1.165) is 34.5 Å². The maximum absolute atomic E-state index is 13.9. The van der Waals surface area contributed by atoms with Crippen LogP contribution >= 0.6 is 0 Å². The quantitative estimate of drug-likeness (QED) is 0.609. The van der Waals surface area contributed by atoms with Crippen molar-refractivity contribution in [3.63, 3.8) is 0 Å². The number of nitrogens with one attached hydrogen (secondary N) is 1. The molecule has 0 spiro atoms. The topological polar surface area (TPSA) is 85.2 Å². The van der Waals surface area contributed by atoms with Crippen molar-refractivity contribution in [1.82, 2.24) is 20.0 Å². The monoisotopic (exact) mass is 458 g/mol. The first-order valence-electron chi connectivity index (χ1n) is 10.2. The van der Waals surface area contributed by atoms with Crippen molar-refractivity contribution in [2.75, 3.05) is 24.4 Å². The summed E-state index contributed by atoms with van der Waals surface area (Å²) in [6.45, 7) is 3.85. The van der Waals surface area contributed by atoms with E-state index in [1.165, 1.54) is 17.9 Å². The third-order valence-corrected chi connectivity index (χ3v) is 5.67. The largest absolute Gasteiger partial charge is 0.493 e. The molecule has 0 saturated heterocycles. The SMILES string of the molecule is C.COc1c(F)cc(F)cc1Cn1cc(CCc2cc3c(c(C)n2)NC(=O)[C@H](C)N3C)nn1. The molecule has 0 radical (unpaired) electrons. The van der Waals surface area contributed by atoms with Gasteiger partial charge >= 0.3 is 0 Å². The van der Waals surface area contributed by atoms with Crippen molar-refractivity contribution < 1.29 is 18.3 Å². The van der Waals surface area contributed by atoms with Crippen LogP contribution in [0.3, 0.4) is 0 Å². The number of methoxy groups -OCH3 is 1. The van der Waals surface area contributed by atoms with Crippen LogP contribution in [0.15, 0.2) is 24.4 Å². The molecule has 0 unspecified atom stereocenters. The number of amides is 1. The maximum Gasteiger partial charge on any atom is 0.246 e. The number of pyridine rings is 1. The molecule has 0 saturated carbocycles. The van der Waals surface area contributed by atoms with E-state index >= 15 is 0 Å². The van der Waals surface area contributed by atoms with Gasteiger partial charge in [-0.1, -0.05) is 12.6 Å². The van der Waals surface area contributed by atoms with E-state index in [1.807, 2.05) is 31.9 Å². The first kappa shape index (κ1) is 24.1. The lowest BCUT2D eigenvalue weighted by Gasteiger charge is -2.34. The summed E-state index contributed by atoms with van der Waals surface area (Å²) in [5.74, 6) is -1.50. The van der Waals surface area contributed by atoms with E-state index in [9.17, 15) is 13.6 Å². The molecule has 0 aliphatic carbocycles. The van der Waals surface area contributed by atoms with Gasteiger partial charge in [-0.15, -0.1) is 5.10 Å². The van der Waals surface area contributed by atoms with E-state index in [1.54, 1.807) is 6.20 Å². The van der Waals surface area contributed by atoms with Crippen molar-refractivity contribution in [2.45, 2.75) is 46.7 Å². The van der Waals surface area contributed by atoms with E-state index in [2.05, 4.69) is 20.6 Å². The predicted molar refractivity (Wildman–Crippen MR) is 122 cm³/mol. The van der Waals surface area contributed by atoms with Crippen LogP contribution in [0.5, 0.6) is 5.75 Å². The zero-order chi connectivity index (χ0) is 23.0. The number of rotatable bonds is 6. The second-order valence-corrected chi connectivity index (χ2v) is 7.86. The van der Waals surface area contributed by atoms with E-state index < -0.39 is 11.6 Å². The number of hydrogen-bond donors (Lipinski definition) is 1. The molecule has 10 heteroatoms. The molecule has 1 aromatic carbocycles. The minimum Gasteiger partial charge on any atom is -0.493 e. The second-order valence-electron chi connectivity index (χ2n) is 7.86. The fourth-order valence-electron chi connectivity index (χ4n) is 3.81. The summed E-state index contributed by atoms with van der Waals surface area (Å²) in [6, 6.07) is 3.72. The summed E-state index contributed by atoms with van der Waals surface area (Å²) < 4.78 is 34.1. The van der Waals surface area contributed by atoms with Gasteiger partial charge in [-0.3, -0.25) is 9.78 Å². The highest BCUT2D eigenvalue weighted by molar-refractivity contribution is 6.03. The number of benzene rings is 1. The van der Waals surface area contributed by atoms with Gasteiger partial charge in [-0.2, -0.15) is 0 Å². The normalized spacial score (nSPS) is 15.0. The van der Waals surface area contributed by atoms with Gasteiger partial charge in [0.05, 0.1) is 36.4 Å². The molecule has 2 aromatic heterocycles. The molecule has 1 N–H and O–H groups in total. The molecule has 1 aliphatic heterocycles. The summed E-state index contributed by atoms with van der Waals surface area (Å²) in [4.78, 5) is 18.6. The van der Waals surface area contributed by atoms with Crippen LogP contribution in [0.1, 0.15) is 37.0 Å². The second kappa shape index (κ2) is 9.51. The van der Waals surface area contributed by atoms with Crippen LogP contribution in [0.2, 0.25) is 0 Å². The Hall–Kier alpha value is -3.56. The number of anilines is 2. The third kappa shape index (κ3) is 4.79. The van der Waals surface area contributed by atoms with Gasteiger partial charge in [0.1, 0.15) is 11.9 Å². The Kier molecular flexibility index (Phi) is 6.95. The van der Waals surface area contributed by atoms with Crippen LogP contribution in [0.25, 0.3) is 0 Å². The molecule has 8 nitrogen and oxygen atoms in total. The molecule has 3 heterocycles. The first-order valence-corrected chi connectivity index (χ1v) is 10.2. The van der Waals surface area contributed by atoms with Crippen LogP contribution in [-0.2, 0) is 24.2 Å². The molecule has 0 fully saturated rings. The lowest BCUT2D eigenvalue weighted by atomic mass is 10.1. The minimum atomic E-state index is -0.757. The zero-order valence-corrected chi connectivity index (χ0v) is 18.3. The van der Waals surface area contributed by atoms with Crippen LogP contribution in [0, 0.1) is 18.6 Å². The number of aryl methyl sites for hydroxylation is 3. The van der Waals surface area contributed by atoms with Crippen LogP contribution in [0.4, 0.5) is 20.2 Å². The Balaban J connectivity index is 0.00000306. The Morgan fingerprint density at radius 3 is 2.64 bits per heavy atom. The maximum atomic E-state index is 13.9. The Labute approximate surface area is 191 Å². The van der Waals surface area contributed by atoms with Gasteiger partial charge in [0.15, 0.2) is 11.6 Å². The number of aromatic nitrogens is 4. The van der Waals surface area contributed by atoms with E-state index in [-0.39, 0.29) is 31.7 Å². The minimum absolute atomic E-state index is 0. The van der Waals surface area contributed by atoms with Crippen LogP contribution in [-0.4, -0.2) is 46.1 Å². The first-order chi connectivity index (χ1) is 15.3. The predicted octanol–water partition coefficient (Wildman–Crippen LogP) is 3.51. The number of nitrogens with zero attached hydrogens (tertiary/aromatic N) is 5. The number of likely N-dealkylation sites (N-methyl/N-ethyl adjacent to an activating group) is 1. The van der Waals surface area contributed by atoms with E-state index in [0.29, 0.717) is 18.4 Å². The molecule has 1 aliphatic rings. The average molecular weight is 459 g/mol. The summed E-state index contributed by atoms with van der Waals surface area (Å²) >= 11 is 0. The molecule has 33 heavy (non-hydrogen) atoms. The smallest absolute Gasteiger partial charge is 0.246 e. The Bertz CT molecular complexity index is 1180. The number of ether oxygens (including phenoxy) is 1. The van der Waals surface area contributed by atoms with Crippen molar-refractivity contribution in [3.8, 4) is 5.75 Å². The number of halogens is 2. The van der Waals surface area contributed by atoms with Gasteiger partial charge in [-0.05, 0) is 38.8 Å². The fourth-order valence-corrected chi connectivity index (χ4v) is 3.81. The average Bonchev–Trinajstić information content (AvgIpc) is 3.18. The Morgan fingerprint density at radius 2 is 1.91 bits per heavy atom. The van der Waals surface area contributed by atoms with Gasteiger partial charge in [0.2, 0.25) is 5.91 Å². The fraction of sp³-hybridized carbons (Fsp3) is 0.391. The molecule has 1 atom stereocenters.